The van der Waals surface area contributed by atoms with Crippen LogP contribution in [0.5, 0.6) is 5.75 Å². The molecule has 0 aliphatic rings. The maximum absolute atomic E-state index is 13.9. The molecule has 0 saturated heterocycles. The Morgan fingerprint density at radius 3 is 2.62 bits per heavy atom. The van der Waals surface area contributed by atoms with Crippen molar-refractivity contribution in [3.8, 4) is 5.75 Å². The maximum Gasteiger partial charge on any atom is 0.278 e. The molecule has 0 unspecified atom stereocenters. The van der Waals surface area contributed by atoms with Crippen LogP contribution in [0.4, 0.5) is 10.1 Å². The van der Waals surface area contributed by atoms with Crippen LogP contribution < -0.4 is 4.74 Å². The summed E-state index contributed by atoms with van der Waals surface area (Å²) in [5, 5.41) is 12.6. The molecular weight excluding hydrogens is 313 g/mol. The van der Waals surface area contributed by atoms with Crippen molar-refractivity contribution in [3.05, 3.63) is 81.7 Å². The number of carbonyl (C=O) groups excluding carboxylic acids is 1. The number of benzene rings is 3. The maximum atomic E-state index is 13.9. The van der Waals surface area contributed by atoms with Gasteiger partial charge in [-0.25, -0.2) is 4.39 Å². The molecule has 3 aromatic rings. The second-order valence-corrected chi connectivity index (χ2v) is 5.10. The lowest BCUT2D eigenvalue weighted by molar-refractivity contribution is -0.386. The van der Waals surface area contributed by atoms with Crippen molar-refractivity contribution < 1.29 is 18.8 Å². The van der Waals surface area contributed by atoms with Crippen molar-refractivity contribution in [1.29, 1.82) is 0 Å². The van der Waals surface area contributed by atoms with E-state index in [4.69, 9.17) is 4.74 Å². The third-order valence-electron chi connectivity index (χ3n) is 3.71. The molecule has 5 nitrogen and oxygen atoms in total. The van der Waals surface area contributed by atoms with Crippen molar-refractivity contribution in [2.24, 2.45) is 0 Å². The first-order valence-electron chi connectivity index (χ1n) is 7.13. The summed E-state index contributed by atoms with van der Waals surface area (Å²) in [6.07, 6.45) is 0.660. The molecule has 0 N–H and O–H groups in total. The van der Waals surface area contributed by atoms with E-state index >= 15 is 0 Å². The minimum Gasteiger partial charge on any atom is -0.488 e. The van der Waals surface area contributed by atoms with Gasteiger partial charge in [0.05, 0.1) is 10.5 Å². The molecule has 120 valence electrons. The van der Waals surface area contributed by atoms with Crippen LogP contribution in [0.15, 0.2) is 54.6 Å². The molecule has 0 aliphatic heterocycles. The number of hydrogen-bond acceptors (Lipinski definition) is 4. The molecule has 0 radical (unpaired) electrons. The zero-order valence-electron chi connectivity index (χ0n) is 12.4. The lowest BCUT2D eigenvalue weighted by Gasteiger charge is -2.11. The molecule has 24 heavy (non-hydrogen) atoms. The Labute approximate surface area is 136 Å². The number of carbonyl (C=O) groups is 1. The Balaban J connectivity index is 1.98. The average Bonchev–Trinajstić information content (AvgIpc) is 2.59. The molecule has 0 saturated carbocycles. The molecule has 6 heteroatoms. The zero-order chi connectivity index (χ0) is 17.1. The van der Waals surface area contributed by atoms with Gasteiger partial charge >= 0.3 is 0 Å². The van der Waals surface area contributed by atoms with Gasteiger partial charge < -0.3 is 4.74 Å². The third-order valence-corrected chi connectivity index (χ3v) is 3.71. The summed E-state index contributed by atoms with van der Waals surface area (Å²) in [6, 6.07) is 14.2. The molecular formula is C18H12FNO4. The van der Waals surface area contributed by atoms with Crippen LogP contribution in [-0.2, 0) is 6.61 Å². The lowest BCUT2D eigenvalue weighted by Crippen LogP contribution is -2.04. The van der Waals surface area contributed by atoms with E-state index in [2.05, 4.69) is 0 Å². The van der Waals surface area contributed by atoms with Crippen LogP contribution >= 0.6 is 0 Å². The summed E-state index contributed by atoms with van der Waals surface area (Å²) < 4.78 is 19.4. The number of aldehydes is 1. The van der Waals surface area contributed by atoms with Gasteiger partial charge in [-0.3, -0.25) is 14.9 Å². The number of nitro benzene ring substituents is 1. The fraction of sp³-hybridized carbons (Fsp3) is 0.0556. The van der Waals surface area contributed by atoms with Crippen molar-refractivity contribution in [1.82, 2.24) is 0 Å². The first-order chi connectivity index (χ1) is 11.6. The van der Waals surface area contributed by atoms with E-state index in [0.29, 0.717) is 17.2 Å². The van der Waals surface area contributed by atoms with Crippen LogP contribution in [0.2, 0.25) is 0 Å². The first kappa shape index (κ1) is 15.6. The molecule has 0 spiro atoms. The normalized spacial score (nSPS) is 10.5. The quantitative estimate of drug-likeness (QED) is 0.399. The highest BCUT2D eigenvalue weighted by Crippen LogP contribution is 2.29. The predicted octanol–water partition coefficient (Wildman–Crippen LogP) is 4.28. The summed E-state index contributed by atoms with van der Waals surface area (Å²) in [6.45, 7) is -0.345. The molecule has 3 aromatic carbocycles. The topological polar surface area (TPSA) is 69.4 Å². The molecule has 0 amide bonds. The number of fused-ring (bicyclic) bond motifs is 1. The van der Waals surface area contributed by atoms with E-state index in [-0.39, 0.29) is 23.6 Å². The molecule has 0 aromatic heterocycles. The molecule has 0 bridgehead atoms. The molecule has 0 fully saturated rings. The summed E-state index contributed by atoms with van der Waals surface area (Å²) in [5.41, 5.74) is -0.192. The van der Waals surface area contributed by atoms with Crippen molar-refractivity contribution >= 4 is 22.7 Å². The highest BCUT2D eigenvalue weighted by molar-refractivity contribution is 6.00. The van der Waals surface area contributed by atoms with Crippen molar-refractivity contribution in [2.45, 2.75) is 6.61 Å². The van der Waals surface area contributed by atoms with Crippen LogP contribution in [0.1, 0.15) is 15.9 Å². The largest absolute Gasteiger partial charge is 0.488 e. The van der Waals surface area contributed by atoms with Crippen molar-refractivity contribution in [2.75, 3.05) is 0 Å². The van der Waals surface area contributed by atoms with Crippen LogP contribution in [0.3, 0.4) is 0 Å². The number of nitro groups is 1. The van der Waals surface area contributed by atoms with Gasteiger partial charge in [-0.2, -0.15) is 0 Å². The number of hydrogen-bond donors (Lipinski definition) is 0. The number of halogens is 1. The minimum absolute atomic E-state index is 0.160. The summed E-state index contributed by atoms with van der Waals surface area (Å²) in [4.78, 5) is 21.8. The van der Waals surface area contributed by atoms with Gasteiger partial charge in [0, 0.05) is 6.07 Å². The molecule has 0 aliphatic carbocycles. The number of rotatable bonds is 5. The number of nitrogens with zero attached hydrogens (tertiary/aromatic N) is 1. The third kappa shape index (κ3) is 2.81. The van der Waals surface area contributed by atoms with E-state index in [1.165, 1.54) is 12.1 Å². The second kappa shape index (κ2) is 6.45. The molecule has 3 rings (SSSR count). The van der Waals surface area contributed by atoms with Gasteiger partial charge in [0.1, 0.15) is 23.7 Å². The SMILES string of the molecule is O=Cc1c(OCc2c(F)cccc2[N+](=O)[O-])ccc2ccccc12. The average molecular weight is 325 g/mol. The van der Waals surface area contributed by atoms with Crippen LogP contribution in [-0.4, -0.2) is 11.2 Å². The fourth-order valence-corrected chi connectivity index (χ4v) is 2.53. The Kier molecular flexibility index (Phi) is 4.20. The summed E-state index contributed by atoms with van der Waals surface area (Å²) in [5.74, 6) is -0.473. The van der Waals surface area contributed by atoms with E-state index in [1.54, 1.807) is 24.3 Å². The van der Waals surface area contributed by atoms with E-state index < -0.39 is 10.7 Å². The second-order valence-electron chi connectivity index (χ2n) is 5.10. The Morgan fingerprint density at radius 2 is 1.88 bits per heavy atom. The minimum atomic E-state index is -0.724. The molecule has 0 heterocycles. The van der Waals surface area contributed by atoms with Gasteiger partial charge in [0.2, 0.25) is 0 Å². The lowest BCUT2D eigenvalue weighted by atomic mass is 10.0. The first-order valence-corrected chi connectivity index (χ1v) is 7.13. The van der Waals surface area contributed by atoms with Gasteiger partial charge in [-0.15, -0.1) is 0 Å². The zero-order valence-corrected chi connectivity index (χ0v) is 12.4. The van der Waals surface area contributed by atoms with E-state index in [0.717, 1.165) is 11.5 Å². The Morgan fingerprint density at radius 1 is 1.08 bits per heavy atom. The summed E-state index contributed by atoms with van der Waals surface area (Å²) >= 11 is 0. The van der Waals surface area contributed by atoms with Gasteiger partial charge in [-0.1, -0.05) is 36.4 Å². The van der Waals surface area contributed by atoms with Crippen LogP contribution in [0.25, 0.3) is 10.8 Å². The smallest absolute Gasteiger partial charge is 0.278 e. The van der Waals surface area contributed by atoms with Gasteiger partial charge in [0.25, 0.3) is 5.69 Å². The fourth-order valence-electron chi connectivity index (χ4n) is 2.53. The summed E-state index contributed by atoms with van der Waals surface area (Å²) in [7, 11) is 0. The monoisotopic (exact) mass is 325 g/mol. The Hall–Kier alpha value is -3.28. The standard InChI is InChI=1S/C18H12FNO4/c19-16-6-3-7-17(20(22)23)15(16)11-24-18-9-8-12-4-1-2-5-13(12)14(18)10-21/h1-10H,11H2. The van der Waals surface area contributed by atoms with Crippen molar-refractivity contribution in [3.63, 3.8) is 0 Å². The highest BCUT2D eigenvalue weighted by Gasteiger charge is 2.19. The number of ether oxygens (including phenoxy) is 1. The molecule has 0 atom stereocenters. The van der Waals surface area contributed by atoms with Crippen LogP contribution in [0, 0.1) is 15.9 Å². The van der Waals surface area contributed by atoms with Gasteiger partial charge in [-0.05, 0) is 22.9 Å². The van der Waals surface area contributed by atoms with E-state index in [1.807, 2.05) is 12.1 Å². The van der Waals surface area contributed by atoms with E-state index in [9.17, 15) is 19.3 Å². The Bertz CT molecular complexity index is 939. The van der Waals surface area contributed by atoms with Gasteiger partial charge in [0.15, 0.2) is 6.29 Å². The predicted molar refractivity (Wildman–Crippen MR) is 86.7 cm³/mol. The highest BCUT2D eigenvalue weighted by atomic mass is 19.1.